The van der Waals surface area contributed by atoms with Gasteiger partial charge in [0, 0.05) is 57.8 Å². The summed E-state index contributed by atoms with van der Waals surface area (Å²) in [6.07, 6.45) is 2.16. The molecule has 3 amide bonds. The molecule has 0 radical (unpaired) electrons. The first-order chi connectivity index (χ1) is 21.1. The number of ether oxygens (including phenoxy) is 2. The molecule has 3 aromatic carbocycles. The maximum Gasteiger partial charge on any atom is 0.321 e. The first-order valence-corrected chi connectivity index (χ1v) is 15.6. The van der Waals surface area contributed by atoms with Gasteiger partial charge >= 0.3 is 6.03 Å². The molecule has 4 atom stereocenters. The minimum atomic E-state index is -0.431. The number of rotatable bonds is 6. The molecule has 1 aliphatic rings. The Kier molecular flexibility index (Phi) is 11.5. The van der Waals surface area contributed by atoms with Crippen molar-refractivity contribution in [3.8, 4) is 5.75 Å². The van der Waals surface area contributed by atoms with Crippen molar-refractivity contribution < 1.29 is 24.2 Å². The maximum absolute atomic E-state index is 14.2. The summed E-state index contributed by atoms with van der Waals surface area (Å²) in [4.78, 5) is 32.9. The molecule has 1 aliphatic heterocycles. The van der Waals surface area contributed by atoms with Gasteiger partial charge in [-0.05, 0) is 62.8 Å². The van der Waals surface area contributed by atoms with Crippen LogP contribution in [0.25, 0.3) is 10.8 Å². The maximum atomic E-state index is 14.2. The Labute approximate surface area is 261 Å². The van der Waals surface area contributed by atoms with Crippen molar-refractivity contribution in [3.05, 3.63) is 66.2 Å². The van der Waals surface area contributed by atoms with Crippen molar-refractivity contribution in [2.75, 3.05) is 57.7 Å². The second-order valence-electron chi connectivity index (χ2n) is 12.2. The van der Waals surface area contributed by atoms with Gasteiger partial charge in [0.25, 0.3) is 5.91 Å². The Morgan fingerprint density at radius 1 is 1.07 bits per heavy atom. The average molecular weight is 605 g/mol. The molecular formula is C35H48N4O5. The van der Waals surface area contributed by atoms with Gasteiger partial charge in [-0.1, -0.05) is 43.3 Å². The highest BCUT2D eigenvalue weighted by molar-refractivity contribution is 6.01. The highest BCUT2D eigenvalue weighted by Crippen LogP contribution is 2.29. The van der Waals surface area contributed by atoms with Crippen molar-refractivity contribution in [2.24, 2.45) is 5.92 Å². The van der Waals surface area contributed by atoms with E-state index in [-0.39, 0.29) is 36.7 Å². The summed E-state index contributed by atoms with van der Waals surface area (Å²) < 4.78 is 12.7. The third-order valence-corrected chi connectivity index (χ3v) is 8.38. The number of hydrogen-bond donors (Lipinski definition) is 2. The lowest BCUT2D eigenvalue weighted by Gasteiger charge is -2.36. The summed E-state index contributed by atoms with van der Waals surface area (Å²) in [7, 11) is 5.63. The zero-order valence-electron chi connectivity index (χ0n) is 27.0. The fraction of sp³-hybridized carbons (Fsp3) is 0.486. The highest BCUT2D eigenvalue weighted by Gasteiger charge is 2.31. The Morgan fingerprint density at radius 3 is 2.57 bits per heavy atom. The zero-order valence-corrected chi connectivity index (χ0v) is 27.0. The third kappa shape index (κ3) is 8.21. The number of likely N-dealkylation sites (N-methyl/N-ethyl adjacent to an activating group) is 1. The van der Waals surface area contributed by atoms with E-state index < -0.39 is 6.04 Å². The van der Waals surface area contributed by atoms with Crippen LogP contribution < -0.4 is 15.0 Å². The zero-order chi connectivity index (χ0) is 31.8. The fourth-order valence-electron chi connectivity index (χ4n) is 5.55. The standard InChI is InChI=1S/C35H48N4O5/c1-24-21-39(25(2)23-40)34(41)30-20-28(37(4)5)17-18-32(30)44-26(3)12-9-10-19-43-33(24)22-38(6)35(42)36-31-16-11-14-27-13-7-8-15-29(27)31/h7-8,11,13-18,20,24-26,33,40H,9-10,12,19,21-23H2,1-6H3,(H,36,42)/t24-,25+,26-,33+/m1/s1. The quantitative estimate of drug-likeness (QED) is 0.366. The Hall–Kier alpha value is -3.82. The number of fused-ring (bicyclic) bond motifs is 2. The van der Waals surface area contributed by atoms with Crippen LogP contribution in [0.1, 0.15) is 50.4 Å². The van der Waals surface area contributed by atoms with Crippen LogP contribution in [0.3, 0.4) is 0 Å². The van der Waals surface area contributed by atoms with E-state index in [1.807, 2.05) is 100 Å². The van der Waals surface area contributed by atoms with Crippen LogP contribution in [0.15, 0.2) is 60.7 Å². The summed E-state index contributed by atoms with van der Waals surface area (Å²) in [5, 5.41) is 15.3. The Bertz CT molecular complexity index is 1410. The average Bonchev–Trinajstić information content (AvgIpc) is 3.01. The van der Waals surface area contributed by atoms with Gasteiger partial charge in [-0.2, -0.15) is 0 Å². The summed E-state index contributed by atoms with van der Waals surface area (Å²) in [5.41, 5.74) is 2.11. The van der Waals surface area contributed by atoms with E-state index in [2.05, 4.69) is 5.32 Å². The van der Waals surface area contributed by atoms with Gasteiger partial charge < -0.3 is 34.6 Å². The van der Waals surface area contributed by atoms with E-state index in [0.717, 1.165) is 41.4 Å². The largest absolute Gasteiger partial charge is 0.490 e. The van der Waals surface area contributed by atoms with E-state index in [9.17, 15) is 14.7 Å². The molecule has 0 saturated heterocycles. The Morgan fingerprint density at radius 2 is 1.82 bits per heavy atom. The molecule has 9 heteroatoms. The van der Waals surface area contributed by atoms with Crippen LogP contribution in [0.4, 0.5) is 16.2 Å². The molecule has 9 nitrogen and oxygen atoms in total. The van der Waals surface area contributed by atoms with Gasteiger partial charge in [-0.25, -0.2) is 4.79 Å². The number of hydrogen-bond acceptors (Lipinski definition) is 6. The molecule has 44 heavy (non-hydrogen) atoms. The van der Waals surface area contributed by atoms with Crippen molar-refractivity contribution in [2.45, 2.75) is 58.3 Å². The van der Waals surface area contributed by atoms with E-state index in [4.69, 9.17) is 9.47 Å². The number of carbonyl (C=O) groups is 2. The van der Waals surface area contributed by atoms with E-state index in [1.54, 1.807) is 16.8 Å². The lowest BCUT2D eigenvalue weighted by molar-refractivity contribution is -0.0115. The topological polar surface area (TPSA) is 94.6 Å². The predicted octanol–water partition coefficient (Wildman–Crippen LogP) is 5.87. The molecule has 0 fully saturated rings. The number of nitrogens with zero attached hydrogens (tertiary/aromatic N) is 3. The molecular weight excluding hydrogens is 556 g/mol. The summed E-state index contributed by atoms with van der Waals surface area (Å²) >= 11 is 0. The molecule has 0 aliphatic carbocycles. The van der Waals surface area contributed by atoms with Crippen LogP contribution in [0.2, 0.25) is 0 Å². The molecule has 0 unspecified atom stereocenters. The minimum absolute atomic E-state index is 0.0861. The van der Waals surface area contributed by atoms with Gasteiger partial charge in [0.05, 0.1) is 36.1 Å². The number of anilines is 2. The van der Waals surface area contributed by atoms with Crippen molar-refractivity contribution in [1.29, 1.82) is 0 Å². The lowest BCUT2D eigenvalue weighted by atomic mass is 10.0. The number of nitrogens with one attached hydrogen (secondary N) is 1. The van der Waals surface area contributed by atoms with Crippen LogP contribution in [-0.4, -0.2) is 92.5 Å². The molecule has 0 bridgehead atoms. The molecule has 1 heterocycles. The minimum Gasteiger partial charge on any atom is -0.490 e. The number of aliphatic hydroxyl groups is 1. The number of amides is 3. The number of aliphatic hydroxyl groups excluding tert-OH is 1. The van der Waals surface area contributed by atoms with Crippen LogP contribution in [0.5, 0.6) is 5.75 Å². The van der Waals surface area contributed by atoms with E-state index in [1.165, 1.54) is 0 Å². The molecule has 0 spiro atoms. The normalized spacial score (nSPS) is 20.7. The third-order valence-electron chi connectivity index (χ3n) is 8.38. The lowest BCUT2D eigenvalue weighted by Crippen LogP contribution is -2.48. The van der Waals surface area contributed by atoms with E-state index in [0.29, 0.717) is 31.0 Å². The summed E-state index contributed by atoms with van der Waals surface area (Å²) in [6, 6.07) is 18.8. The van der Waals surface area contributed by atoms with Gasteiger partial charge in [-0.15, -0.1) is 0 Å². The first kappa shape index (κ1) is 33.1. The molecule has 4 rings (SSSR count). The smallest absolute Gasteiger partial charge is 0.321 e. The fourth-order valence-corrected chi connectivity index (χ4v) is 5.55. The highest BCUT2D eigenvalue weighted by atomic mass is 16.5. The first-order valence-electron chi connectivity index (χ1n) is 15.6. The number of benzene rings is 3. The molecule has 2 N–H and O–H groups in total. The molecule has 238 valence electrons. The van der Waals surface area contributed by atoms with Gasteiger partial charge in [0.1, 0.15) is 5.75 Å². The van der Waals surface area contributed by atoms with Gasteiger partial charge in [-0.3, -0.25) is 4.79 Å². The monoisotopic (exact) mass is 604 g/mol. The molecule has 0 aromatic heterocycles. The van der Waals surface area contributed by atoms with Crippen molar-refractivity contribution >= 4 is 34.1 Å². The van der Waals surface area contributed by atoms with Crippen LogP contribution in [-0.2, 0) is 4.74 Å². The Balaban J connectivity index is 1.58. The van der Waals surface area contributed by atoms with Crippen LogP contribution >= 0.6 is 0 Å². The van der Waals surface area contributed by atoms with Gasteiger partial charge in [0.15, 0.2) is 0 Å². The van der Waals surface area contributed by atoms with Crippen LogP contribution in [0, 0.1) is 5.92 Å². The summed E-state index contributed by atoms with van der Waals surface area (Å²) in [6.45, 7) is 6.92. The second kappa shape index (κ2) is 15.3. The van der Waals surface area contributed by atoms with E-state index >= 15 is 0 Å². The summed E-state index contributed by atoms with van der Waals surface area (Å²) in [5.74, 6) is 0.205. The predicted molar refractivity (Wildman–Crippen MR) is 177 cm³/mol. The van der Waals surface area contributed by atoms with Gasteiger partial charge in [0.2, 0.25) is 0 Å². The second-order valence-corrected chi connectivity index (χ2v) is 12.2. The van der Waals surface area contributed by atoms with Crippen molar-refractivity contribution in [1.82, 2.24) is 9.80 Å². The molecule has 3 aromatic rings. The van der Waals surface area contributed by atoms with Crippen molar-refractivity contribution in [3.63, 3.8) is 0 Å². The number of urea groups is 1. The SMILES string of the molecule is C[C@@H]1CCCCO[C@@H](CN(C)C(=O)Nc2cccc3ccccc23)[C@H](C)CN([C@@H](C)CO)C(=O)c2cc(N(C)C)ccc2O1. The number of carbonyl (C=O) groups excluding carboxylic acids is 2. The molecule has 0 saturated carbocycles.